The maximum atomic E-state index is 13.1. The summed E-state index contributed by atoms with van der Waals surface area (Å²) < 4.78 is 11.5. The fourth-order valence-corrected chi connectivity index (χ4v) is 8.10. The number of nitrogens with zero attached hydrogens (tertiary/aromatic N) is 4. The minimum atomic E-state index is -0.549. The van der Waals surface area contributed by atoms with Crippen LogP contribution in [-0.4, -0.2) is 65.2 Å². The van der Waals surface area contributed by atoms with E-state index in [1.54, 1.807) is 0 Å². The van der Waals surface area contributed by atoms with Crippen molar-refractivity contribution in [2.75, 3.05) is 0 Å². The summed E-state index contributed by atoms with van der Waals surface area (Å²) in [6, 6.07) is 16.3. The molecule has 4 aliphatic rings. The van der Waals surface area contributed by atoms with Crippen molar-refractivity contribution in [2.45, 2.75) is 116 Å². The number of aromatic nitrogens is 4. The molecule has 2 aromatic heterocycles. The summed E-state index contributed by atoms with van der Waals surface area (Å²) in [4.78, 5) is 46.5. The maximum absolute atomic E-state index is 13.1. The molecule has 2 aromatic carbocycles. The minimum absolute atomic E-state index is 0.124. The molecule has 8 rings (SSSR count). The smallest absolute Gasteiger partial charge is 0.411 e. The highest BCUT2D eigenvalue weighted by Gasteiger charge is 2.65. The van der Waals surface area contributed by atoms with Crippen LogP contribution in [0, 0.1) is 22.7 Å². The van der Waals surface area contributed by atoms with Gasteiger partial charge in [-0.2, -0.15) is 0 Å². The maximum Gasteiger partial charge on any atom is 0.411 e. The molecule has 6 atom stereocenters. The number of amides is 2. The summed E-state index contributed by atoms with van der Waals surface area (Å²) in [5, 5.41) is 0. The molecule has 2 N–H and O–H groups in total. The van der Waals surface area contributed by atoms with Crippen molar-refractivity contribution in [3.63, 3.8) is 0 Å². The molecule has 0 unspecified atom stereocenters. The second kappa shape index (κ2) is 11.7. The average Bonchev–Trinajstić information content (AvgIpc) is 3.54. The Labute approximate surface area is 305 Å². The highest BCUT2D eigenvalue weighted by molar-refractivity contribution is 5.72. The Morgan fingerprint density at radius 1 is 0.654 bits per heavy atom. The van der Waals surface area contributed by atoms with Crippen LogP contribution in [0.2, 0.25) is 0 Å². The first-order valence-corrected chi connectivity index (χ1v) is 18.3. The summed E-state index contributed by atoms with van der Waals surface area (Å²) in [7, 11) is 0. The monoisotopic (exact) mass is 700 g/mol. The fraction of sp³-hybridized carbons (Fsp3) is 0.476. The molecule has 2 aliphatic carbocycles. The van der Waals surface area contributed by atoms with Gasteiger partial charge < -0.3 is 19.4 Å². The molecule has 270 valence electrons. The Morgan fingerprint density at radius 3 is 1.37 bits per heavy atom. The fourth-order valence-electron chi connectivity index (χ4n) is 8.10. The van der Waals surface area contributed by atoms with E-state index in [9.17, 15) is 9.59 Å². The summed E-state index contributed by atoms with van der Waals surface area (Å²) in [5.74, 6) is 8.14. The van der Waals surface area contributed by atoms with E-state index in [2.05, 4.69) is 35.7 Å². The zero-order chi connectivity index (χ0) is 36.8. The molecule has 2 saturated carbocycles. The van der Waals surface area contributed by atoms with Crippen molar-refractivity contribution in [3.05, 3.63) is 83.7 Å². The largest absolute Gasteiger partial charge is 0.444 e. The van der Waals surface area contributed by atoms with Crippen LogP contribution >= 0.6 is 0 Å². The second-order valence-corrected chi connectivity index (χ2v) is 17.7. The summed E-state index contributed by atoms with van der Waals surface area (Å²) in [5.41, 5.74) is 4.77. The van der Waals surface area contributed by atoms with Gasteiger partial charge in [0.25, 0.3) is 0 Å². The van der Waals surface area contributed by atoms with Crippen LogP contribution in [-0.2, 0) is 9.47 Å². The third kappa shape index (κ3) is 6.46. The Hall–Kier alpha value is -5.04. The number of hydrogen-bond acceptors (Lipinski definition) is 6. The predicted octanol–water partition coefficient (Wildman–Crippen LogP) is 8.79. The molecule has 10 nitrogen and oxygen atoms in total. The number of rotatable bonds is 4. The lowest BCUT2D eigenvalue weighted by atomic mass is 10.0. The molecule has 2 aliphatic heterocycles. The van der Waals surface area contributed by atoms with Crippen LogP contribution < -0.4 is 0 Å². The Kier molecular flexibility index (Phi) is 7.69. The van der Waals surface area contributed by atoms with Crippen molar-refractivity contribution >= 4 is 12.2 Å². The van der Waals surface area contributed by atoms with Gasteiger partial charge in [0.1, 0.15) is 22.9 Å². The van der Waals surface area contributed by atoms with E-state index in [0.29, 0.717) is 0 Å². The molecule has 2 amide bonds. The van der Waals surface area contributed by atoms with E-state index in [-0.39, 0.29) is 47.2 Å². The Balaban J connectivity index is 0.915. The van der Waals surface area contributed by atoms with Crippen molar-refractivity contribution in [3.8, 4) is 34.4 Å². The molecule has 2 saturated heterocycles. The number of hydrogen-bond donors (Lipinski definition) is 2. The molecular weight excluding hydrogens is 652 g/mol. The predicted molar refractivity (Wildman–Crippen MR) is 198 cm³/mol. The molecule has 52 heavy (non-hydrogen) atoms. The van der Waals surface area contributed by atoms with E-state index in [4.69, 9.17) is 19.4 Å². The molecule has 0 radical (unpaired) electrons. The molecule has 4 heterocycles. The highest BCUT2D eigenvalue weighted by Crippen LogP contribution is 2.64. The zero-order valence-corrected chi connectivity index (χ0v) is 31.3. The zero-order valence-electron chi connectivity index (χ0n) is 31.3. The average molecular weight is 701 g/mol. The second-order valence-electron chi connectivity index (χ2n) is 17.7. The number of H-pyrrole nitrogens is 2. The number of aromatic amines is 2. The molecule has 0 spiro atoms. The summed E-state index contributed by atoms with van der Waals surface area (Å²) >= 11 is 0. The van der Waals surface area contributed by atoms with Gasteiger partial charge in [-0.1, -0.05) is 50.0 Å². The van der Waals surface area contributed by atoms with Gasteiger partial charge in [0.15, 0.2) is 0 Å². The van der Waals surface area contributed by atoms with Crippen LogP contribution in [0.3, 0.4) is 0 Å². The Morgan fingerprint density at radius 2 is 1.02 bits per heavy atom. The normalized spacial score (nSPS) is 27.4. The van der Waals surface area contributed by atoms with Gasteiger partial charge in [0.2, 0.25) is 0 Å². The quantitative estimate of drug-likeness (QED) is 0.206. The van der Waals surface area contributed by atoms with Crippen molar-refractivity contribution in [1.29, 1.82) is 0 Å². The number of fused-ring (bicyclic) bond motifs is 2. The van der Waals surface area contributed by atoms with Gasteiger partial charge in [-0.15, -0.1) is 0 Å². The number of carbonyl (C=O) groups excluding carboxylic acids is 2. The van der Waals surface area contributed by atoms with E-state index in [1.165, 1.54) is 0 Å². The number of carbonyl (C=O) groups is 2. The number of benzene rings is 2. The first kappa shape index (κ1) is 34.1. The third-order valence-electron chi connectivity index (χ3n) is 11.0. The van der Waals surface area contributed by atoms with E-state index in [0.717, 1.165) is 71.0 Å². The van der Waals surface area contributed by atoms with Crippen LogP contribution in [0.15, 0.2) is 60.9 Å². The third-order valence-corrected chi connectivity index (χ3v) is 11.0. The van der Waals surface area contributed by atoms with Gasteiger partial charge >= 0.3 is 12.2 Å². The van der Waals surface area contributed by atoms with Crippen LogP contribution in [0.1, 0.15) is 116 Å². The number of imidazole rings is 2. The van der Waals surface area contributed by atoms with Crippen molar-refractivity contribution in [2.24, 2.45) is 10.8 Å². The van der Waals surface area contributed by atoms with E-state index < -0.39 is 11.2 Å². The van der Waals surface area contributed by atoms with Crippen LogP contribution in [0.5, 0.6) is 0 Å². The van der Waals surface area contributed by atoms with Gasteiger partial charge in [-0.25, -0.2) is 19.6 Å². The van der Waals surface area contributed by atoms with E-state index >= 15 is 0 Å². The van der Waals surface area contributed by atoms with Crippen molar-refractivity contribution in [1.82, 2.24) is 29.7 Å². The summed E-state index contributed by atoms with van der Waals surface area (Å²) in [6.45, 7) is 15.9. The lowest BCUT2D eigenvalue weighted by molar-refractivity contribution is 0.0164. The first-order chi connectivity index (χ1) is 24.5. The van der Waals surface area contributed by atoms with Gasteiger partial charge in [-0.3, -0.25) is 9.80 Å². The van der Waals surface area contributed by atoms with Gasteiger partial charge in [-0.05, 0) is 113 Å². The SMILES string of the molecule is CC(C)(C)OC(=O)N1[C@H]2C[C@@]2(C)C[C@H]1c1ncc(-c2ccc(C#Cc3ccc(-c4cnc([C@@H]5C[C@]6(C)C[C@@H]6N5C(=O)OC(C)(C)C)[nH]4)cc3)cc2)[nH]1. The number of nitrogens with one attached hydrogen (secondary N) is 2. The number of likely N-dealkylation sites (tertiary alicyclic amines) is 2. The van der Waals surface area contributed by atoms with E-state index in [1.807, 2.05) is 112 Å². The molecule has 4 aromatic rings. The number of piperidine rings is 2. The Bertz CT molecular complexity index is 1940. The standard InChI is InChI=1S/C42H48N6O4/c1-39(2,3)51-37(49)47-31(19-41(7)21-33(41)47)35-43-23-29(45-35)27-15-11-25(12-16-27)9-10-26-13-17-28(18-14-26)30-24-44-36(46-30)32-20-42(8)22-34(42)48(32)38(50)52-40(4,5)6/h11-18,23-24,31-34H,19-22H2,1-8H3,(H,43,45)(H,44,46)/t31-,32-,33-,34-,41+,42+/m0/s1. The molecular formula is C42H48N6O4. The van der Waals surface area contributed by atoms with Gasteiger partial charge in [0.05, 0.1) is 35.9 Å². The van der Waals surface area contributed by atoms with Crippen molar-refractivity contribution < 1.29 is 19.1 Å². The summed E-state index contributed by atoms with van der Waals surface area (Å²) in [6.07, 6.45) is 6.90. The topological polar surface area (TPSA) is 116 Å². The lowest BCUT2D eigenvalue weighted by Crippen LogP contribution is -2.38. The highest BCUT2D eigenvalue weighted by atomic mass is 16.6. The molecule has 10 heteroatoms. The lowest BCUT2D eigenvalue weighted by Gasteiger charge is -2.29. The van der Waals surface area contributed by atoms with Gasteiger partial charge in [0, 0.05) is 23.2 Å². The minimum Gasteiger partial charge on any atom is -0.444 e. The number of ether oxygens (including phenoxy) is 2. The van der Waals surface area contributed by atoms with Crippen LogP contribution in [0.25, 0.3) is 22.5 Å². The van der Waals surface area contributed by atoms with Crippen LogP contribution in [0.4, 0.5) is 9.59 Å². The molecule has 4 fully saturated rings. The first-order valence-electron chi connectivity index (χ1n) is 18.3. The molecule has 0 bridgehead atoms.